The van der Waals surface area contributed by atoms with E-state index in [-0.39, 0.29) is 18.4 Å². The van der Waals surface area contributed by atoms with Crippen LogP contribution in [-0.4, -0.2) is 31.5 Å². The van der Waals surface area contributed by atoms with Gasteiger partial charge in [-0.05, 0) is 55.7 Å². The Balaban J connectivity index is 1.78. The molecule has 0 atom stereocenters. The summed E-state index contributed by atoms with van der Waals surface area (Å²) in [5.74, 6) is 0.519. The van der Waals surface area contributed by atoms with Gasteiger partial charge in [-0.3, -0.25) is 9.59 Å². The molecule has 3 rings (SSSR count). The van der Waals surface area contributed by atoms with Gasteiger partial charge < -0.3 is 14.5 Å². The van der Waals surface area contributed by atoms with Crippen molar-refractivity contribution in [2.45, 2.75) is 26.7 Å². The van der Waals surface area contributed by atoms with Crippen molar-refractivity contribution in [1.29, 1.82) is 0 Å². The maximum Gasteiger partial charge on any atom is 0.247 e. The quantitative estimate of drug-likeness (QED) is 0.828. The van der Waals surface area contributed by atoms with E-state index in [1.54, 1.807) is 4.90 Å². The first kappa shape index (κ1) is 18.0. The molecule has 2 aromatic rings. The van der Waals surface area contributed by atoms with Crippen LogP contribution >= 0.6 is 0 Å². The molecule has 5 nitrogen and oxygen atoms in total. The van der Waals surface area contributed by atoms with Crippen LogP contribution in [0, 0.1) is 0 Å². The molecule has 26 heavy (non-hydrogen) atoms. The summed E-state index contributed by atoms with van der Waals surface area (Å²) >= 11 is 0. The predicted octanol–water partition coefficient (Wildman–Crippen LogP) is 3.42. The molecule has 136 valence electrons. The van der Waals surface area contributed by atoms with Crippen LogP contribution in [0.5, 0.6) is 5.75 Å². The van der Waals surface area contributed by atoms with Crippen molar-refractivity contribution in [2.75, 3.05) is 29.5 Å². The highest BCUT2D eigenvalue weighted by Crippen LogP contribution is 2.27. The number of hydrogen-bond acceptors (Lipinski definition) is 3. The second-order valence-corrected chi connectivity index (χ2v) is 6.31. The molecule has 0 N–H and O–H groups in total. The third-order valence-corrected chi connectivity index (χ3v) is 4.54. The van der Waals surface area contributed by atoms with Gasteiger partial charge in [0.25, 0.3) is 0 Å². The lowest BCUT2D eigenvalue weighted by atomic mass is 10.0. The molecule has 0 fully saturated rings. The summed E-state index contributed by atoms with van der Waals surface area (Å²) in [5.41, 5.74) is 2.83. The van der Waals surface area contributed by atoms with Crippen molar-refractivity contribution >= 4 is 23.2 Å². The lowest BCUT2D eigenvalue weighted by Gasteiger charge is -2.31. The van der Waals surface area contributed by atoms with Crippen molar-refractivity contribution in [2.24, 2.45) is 0 Å². The van der Waals surface area contributed by atoms with Crippen LogP contribution in [0.4, 0.5) is 11.4 Å². The summed E-state index contributed by atoms with van der Waals surface area (Å²) in [4.78, 5) is 28.4. The number of carbonyl (C=O) groups is 2. The Labute approximate surface area is 154 Å². The minimum Gasteiger partial charge on any atom is -0.494 e. The van der Waals surface area contributed by atoms with Crippen LogP contribution in [0.3, 0.4) is 0 Å². The molecule has 0 unspecified atom stereocenters. The van der Waals surface area contributed by atoms with E-state index >= 15 is 0 Å². The first-order valence-electron chi connectivity index (χ1n) is 8.99. The van der Waals surface area contributed by atoms with Crippen LogP contribution < -0.4 is 14.5 Å². The fraction of sp³-hybridized carbons (Fsp3) is 0.333. The molecule has 0 bridgehead atoms. The molecule has 1 heterocycles. The highest BCUT2D eigenvalue weighted by Gasteiger charge is 2.25. The molecule has 0 aliphatic carbocycles. The zero-order chi connectivity index (χ0) is 18.5. The van der Waals surface area contributed by atoms with Crippen LogP contribution in [-0.2, 0) is 16.0 Å². The number of ether oxygens (including phenoxy) is 1. The van der Waals surface area contributed by atoms with Crippen LogP contribution in [0.1, 0.15) is 25.8 Å². The first-order valence-corrected chi connectivity index (χ1v) is 8.99. The SMILES string of the molecule is CCOc1ccc(N(CC(=O)N2CCCc3ccccc32)C(C)=O)cc1. The Hall–Kier alpha value is -2.82. The minimum absolute atomic E-state index is 0.0254. The number of benzene rings is 2. The number of rotatable bonds is 5. The summed E-state index contributed by atoms with van der Waals surface area (Å²) in [6.45, 7) is 4.70. The Morgan fingerprint density at radius 2 is 1.85 bits per heavy atom. The van der Waals surface area contributed by atoms with E-state index in [1.165, 1.54) is 17.4 Å². The maximum absolute atomic E-state index is 12.9. The number of fused-ring (bicyclic) bond motifs is 1. The Kier molecular flexibility index (Phi) is 5.56. The Morgan fingerprint density at radius 1 is 1.12 bits per heavy atom. The number of para-hydroxylation sites is 1. The van der Waals surface area contributed by atoms with E-state index in [9.17, 15) is 9.59 Å². The van der Waals surface area contributed by atoms with Crippen molar-refractivity contribution in [1.82, 2.24) is 0 Å². The van der Waals surface area contributed by atoms with Crippen molar-refractivity contribution in [3.05, 3.63) is 54.1 Å². The van der Waals surface area contributed by atoms with Gasteiger partial charge in [0.2, 0.25) is 11.8 Å². The van der Waals surface area contributed by atoms with E-state index in [0.717, 1.165) is 24.3 Å². The Bertz CT molecular complexity index is 786. The average Bonchev–Trinajstić information content (AvgIpc) is 2.66. The fourth-order valence-electron chi connectivity index (χ4n) is 3.29. The minimum atomic E-state index is -0.159. The van der Waals surface area contributed by atoms with Crippen molar-refractivity contribution < 1.29 is 14.3 Å². The highest BCUT2D eigenvalue weighted by molar-refractivity contribution is 6.03. The molecule has 2 amide bonds. The van der Waals surface area contributed by atoms with Gasteiger partial charge >= 0.3 is 0 Å². The van der Waals surface area contributed by atoms with Gasteiger partial charge in [0.05, 0.1) is 6.61 Å². The summed E-state index contributed by atoms with van der Waals surface area (Å²) in [6.07, 6.45) is 1.92. The topological polar surface area (TPSA) is 49.9 Å². The summed E-state index contributed by atoms with van der Waals surface area (Å²) in [7, 11) is 0. The number of amides is 2. The summed E-state index contributed by atoms with van der Waals surface area (Å²) in [5, 5.41) is 0. The molecule has 0 radical (unpaired) electrons. The number of anilines is 2. The second-order valence-electron chi connectivity index (χ2n) is 6.31. The molecule has 5 heteroatoms. The normalized spacial score (nSPS) is 13.1. The van der Waals surface area contributed by atoms with Gasteiger partial charge in [0.15, 0.2) is 0 Å². The predicted molar refractivity (Wildman–Crippen MR) is 103 cm³/mol. The largest absolute Gasteiger partial charge is 0.494 e. The van der Waals surface area contributed by atoms with Gasteiger partial charge in [-0.2, -0.15) is 0 Å². The zero-order valence-electron chi connectivity index (χ0n) is 15.3. The number of carbonyl (C=O) groups excluding carboxylic acids is 2. The number of aryl methyl sites for hydroxylation is 1. The van der Waals surface area contributed by atoms with E-state index in [0.29, 0.717) is 18.8 Å². The smallest absolute Gasteiger partial charge is 0.247 e. The van der Waals surface area contributed by atoms with Crippen LogP contribution in [0.15, 0.2) is 48.5 Å². The average molecular weight is 352 g/mol. The van der Waals surface area contributed by atoms with E-state index in [4.69, 9.17) is 4.74 Å². The molecule has 0 saturated carbocycles. The molecule has 2 aromatic carbocycles. The molecule has 1 aliphatic rings. The molecule has 1 aliphatic heterocycles. The molecule has 0 aromatic heterocycles. The molecular weight excluding hydrogens is 328 g/mol. The summed E-state index contributed by atoms with van der Waals surface area (Å²) in [6, 6.07) is 15.2. The molecular formula is C21H24N2O3. The van der Waals surface area contributed by atoms with E-state index in [2.05, 4.69) is 6.07 Å². The number of nitrogens with zero attached hydrogens (tertiary/aromatic N) is 2. The van der Waals surface area contributed by atoms with Crippen LogP contribution in [0.25, 0.3) is 0 Å². The van der Waals surface area contributed by atoms with Gasteiger partial charge in [0.1, 0.15) is 12.3 Å². The third kappa shape index (κ3) is 3.87. The summed E-state index contributed by atoms with van der Waals surface area (Å²) < 4.78 is 5.44. The third-order valence-electron chi connectivity index (χ3n) is 4.54. The second kappa shape index (κ2) is 8.04. The van der Waals surface area contributed by atoms with E-state index < -0.39 is 0 Å². The molecule has 0 saturated heterocycles. The lowest BCUT2D eigenvalue weighted by Crippen LogP contribution is -2.44. The monoisotopic (exact) mass is 352 g/mol. The van der Waals surface area contributed by atoms with Crippen LogP contribution in [0.2, 0.25) is 0 Å². The zero-order valence-corrected chi connectivity index (χ0v) is 15.3. The number of hydrogen-bond donors (Lipinski definition) is 0. The van der Waals surface area contributed by atoms with Gasteiger partial charge in [-0.25, -0.2) is 0 Å². The van der Waals surface area contributed by atoms with Crippen molar-refractivity contribution in [3.63, 3.8) is 0 Å². The molecule has 0 spiro atoms. The maximum atomic E-state index is 12.9. The van der Waals surface area contributed by atoms with Gasteiger partial charge in [0, 0.05) is 24.8 Å². The van der Waals surface area contributed by atoms with E-state index in [1.807, 2.05) is 49.4 Å². The first-order chi connectivity index (χ1) is 12.6. The van der Waals surface area contributed by atoms with Gasteiger partial charge in [-0.15, -0.1) is 0 Å². The lowest BCUT2D eigenvalue weighted by molar-refractivity contribution is -0.121. The highest BCUT2D eigenvalue weighted by atomic mass is 16.5. The Morgan fingerprint density at radius 3 is 2.54 bits per heavy atom. The van der Waals surface area contributed by atoms with Gasteiger partial charge in [-0.1, -0.05) is 18.2 Å². The standard InChI is InChI=1S/C21H24N2O3/c1-3-26-19-12-10-18(11-13-19)23(16(2)24)15-21(25)22-14-6-8-17-7-4-5-9-20(17)22/h4-5,7,9-13H,3,6,8,14-15H2,1-2H3. The van der Waals surface area contributed by atoms with Crippen molar-refractivity contribution in [3.8, 4) is 5.75 Å². The fourth-order valence-corrected chi connectivity index (χ4v) is 3.29.